The van der Waals surface area contributed by atoms with E-state index in [9.17, 15) is 13.2 Å². The molecule has 0 bridgehead atoms. The van der Waals surface area contributed by atoms with Gasteiger partial charge in [-0.2, -0.15) is 0 Å². The van der Waals surface area contributed by atoms with Gasteiger partial charge in [0.15, 0.2) is 0 Å². The maximum atomic E-state index is 11.8. The van der Waals surface area contributed by atoms with Crippen molar-refractivity contribution < 1.29 is 13.2 Å². The van der Waals surface area contributed by atoms with E-state index in [0.717, 1.165) is 6.26 Å². The molecule has 2 N–H and O–H groups in total. The van der Waals surface area contributed by atoms with E-state index in [0.29, 0.717) is 16.8 Å². The van der Waals surface area contributed by atoms with Gasteiger partial charge in [0.1, 0.15) is 0 Å². The zero-order valence-electron chi connectivity index (χ0n) is 10.9. The quantitative estimate of drug-likeness (QED) is 0.870. The normalized spacial score (nSPS) is 11.4. The molecule has 0 saturated heterocycles. The molecule has 1 aromatic rings. The highest BCUT2D eigenvalue weighted by atomic mass is 32.2. The van der Waals surface area contributed by atoms with Crippen LogP contribution >= 0.6 is 0 Å². The van der Waals surface area contributed by atoms with Crippen molar-refractivity contribution in [2.24, 2.45) is 0 Å². The van der Waals surface area contributed by atoms with Gasteiger partial charge in [0.2, 0.25) is 10.0 Å². The molecule has 1 aromatic carbocycles. The maximum Gasteiger partial charge on any atom is 0.251 e. The summed E-state index contributed by atoms with van der Waals surface area (Å²) in [4.78, 5) is 11.8. The van der Waals surface area contributed by atoms with Crippen molar-refractivity contribution in [1.29, 1.82) is 0 Å². The fourth-order valence-corrected chi connectivity index (χ4v) is 2.09. The molecule has 1 rings (SSSR count). The van der Waals surface area contributed by atoms with E-state index >= 15 is 0 Å². The Bertz CT molecular complexity index is 550. The predicted octanol–water partition coefficient (Wildman–Crippen LogP) is 1.50. The third kappa shape index (κ3) is 4.37. The molecule has 5 nitrogen and oxygen atoms in total. The van der Waals surface area contributed by atoms with Crippen LogP contribution in [0.4, 0.5) is 5.69 Å². The Morgan fingerprint density at radius 3 is 2.33 bits per heavy atom. The molecule has 18 heavy (non-hydrogen) atoms. The van der Waals surface area contributed by atoms with E-state index in [2.05, 4.69) is 10.0 Å². The number of carbonyl (C=O) groups is 1. The Hall–Kier alpha value is -1.56. The lowest BCUT2D eigenvalue weighted by Gasteiger charge is -2.11. The van der Waals surface area contributed by atoms with Gasteiger partial charge in [-0.25, -0.2) is 8.42 Å². The standard InChI is InChI=1S/C12H18N2O3S/c1-8(2)13-12(15)10-5-6-11(9(3)7-10)14-18(4,16)17/h5-8,14H,1-4H3,(H,13,15). The molecule has 0 heterocycles. The van der Waals surface area contributed by atoms with Gasteiger partial charge in [0, 0.05) is 11.6 Å². The van der Waals surface area contributed by atoms with Crippen LogP contribution in [0.25, 0.3) is 0 Å². The summed E-state index contributed by atoms with van der Waals surface area (Å²) in [7, 11) is -3.30. The van der Waals surface area contributed by atoms with Crippen LogP contribution in [-0.2, 0) is 10.0 Å². The van der Waals surface area contributed by atoms with E-state index in [1.54, 1.807) is 25.1 Å². The highest BCUT2D eigenvalue weighted by molar-refractivity contribution is 7.92. The highest BCUT2D eigenvalue weighted by Gasteiger charge is 2.10. The van der Waals surface area contributed by atoms with Crippen LogP contribution < -0.4 is 10.0 Å². The molecule has 0 unspecified atom stereocenters. The van der Waals surface area contributed by atoms with Crippen LogP contribution in [0.1, 0.15) is 29.8 Å². The molecule has 0 radical (unpaired) electrons. The Kier molecular flexibility index (Phi) is 4.34. The van der Waals surface area contributed by atoms with E-state index in [1.807, 2.05) is 13.8 Å². The molecular formula is C12H18N2O3S. The molecule has 0 spiro atoms. The lowest BCUT2D eigenvalue weighted by Crippen LogP contribution is -2.30. The largest absolute Gasteiger partial charge is 0.350 e. The third-order valence-electron chi connectivity index (χ3n) is 2.20. The van der Waals surface area contributed by atoms with Gasteiger partial charge in [-0.1, -0.05) is 0 Å². The molecule has 6 heteroatoms. The highest BCUT2D eigenvalue weighted by Crippen LogP contribution is 2.17. The molecule has 0 aliphatic rings. The first-order chi connectivity index (χ1) is 8.19. The van der Waals surface area contributed by atoms with Crippen molar-refractivity contribution >= 4 is 21.6 Å². The Labute approximate surface area is 108 Å². The van der Waals surface area contributed by atoms with E-state index in [1.165, 1.54) is 0 Å². The summed E-state index contributed by atoms with van der Waals surface area (Å²) < 4.78 is 24.7. The van der Waals surface area contributed by atoms with Crippen LogP contribution in [0.3, 0.4) is 0 Å². The van der Waals surface area contributed by atoms with Gasteiger partial charge >= 0.3 is 0 Å². The number of rotatable bonds is 4. The fourth-order valence-electron chi connectivity index (χ4n) is 1.46. The average molecular weight is 270 g/mol. The SMILES string of the molecule is Cc1cc(C(=O)NC(C)C)ccc1NS(C)(=O)=O. The summed E-state index contributed by atoms with van der Waals surface area (Å²) in [5.41, 5.74) is 1.70. The molecule has 0 aliphatic carbocycles. The summed E-state index contributed by atoms with van der Waals surface area (Å²) in [6.07, 6.45) is 1.09. The second-order valence-electron chi connectivity index (χ2n) is 4.53. The number of anilines is 1. The van der Waals surface area contributed by atoms with Gasteiger partial charge in [-0.15, -0.1) is 0 Å². The Morgan fingerprint density at radius 1 is 1.28 bits per heavy atom. The van der Waals surface area contributed by atoms with Crippen LogP contribution in [0.5, 0.6) is 0 Å². The van der Waals surface area contributed by atoms with E-state index in [4.69, 9.17) is 0 Å². The zero-order valence-corrected chi connectivity index (χ0v) is 11.8. The minimum atomic E-state index is -3.30. The summed E-state index contributed by atoms with van der Waals surface area (Å²) in [5, 5.41) is 2.78. The van der Waals surface area contributed by atoms with Crippen LogP contribution in [0, 0.1) is 6.92 Å². The number of sulfonamides is 1. The monoisotopic (exact) mass is 270 g/mol. The number of benzene rings is 1. The van der Waals surface area contributed by atoms with Gasteiger partial charge < -0.3 is 5.32 Å². The Balaban J connectivity index is 2.96. The molecule has 0 fully saturated rings. The van der Waals surface area contributed by atoms with E-state index in [-0.39, 0.29) is 11.9 Å². The minimum Gasteiger partial charge on any atom is -0.350 e. The van der Waals surface area contributed by atoms with Gasteiger partial charge in [-0.05, 0) is 44.5 Å². The second-order valence-corrected chi connectivity index (χ2v) is 6.28. The fraction of sp³-hybridized carbons (Fsp3) is 0.417. The first kappa shape index (κ1) is 14.5. The summed E-state index contributed by atoms with van der Waals surface area (Å²) >= 11 is 0. The molecule has 1 amide bonds. The number of aryl methyl sites for hydroxylation is 1. The lowest BCUT2D eigenvalue weighted by atomic mass is 10.1. The predicted molar refractivity (Wildman–Crippen MR) is 72.2 cm³/mol. The van der Waals surface area contributed by atoms with Crippen molar-refractivity contribution in [2.45, 2.75) is 26.8 Å². The molecule has 0 saturated carbocycles. The summed E-state index contributed by atoms with van der Waals surface area (Å²) in [5.74, 6) is -0.168. The molecule has 100 valence electrons. The number of hydrogen-bond acceptors (Lipinski definition) is 3. The third-order valence-corrected chi connectivity index (χ3v) is 2.79. The zero-order chi connectivity index (χ0) is 13.9. The lowest BCUT2D eigenvalue weighted by molar-refractivity contribution is 0.0943. The molecule has 0 atom stereocenters. The second kappa shape index (κ2) is 5.39. The van der Waals surface area contributed by atoms with Gasteiger partial charge in [-0.3, -0.25) is 9.52 Å². The number of nitrogens with one attached hydrogen (secondary N) is 2. The number of hydrogen-bond donors (Lipinski definition) is 2. The van der Waals surface area contributed by atoms with Crippen molar-refractivity contribution in [3.63, 3.8) is 0 Å². The topological polar surface area (TPSA) is 75.3 Å². The van der Waals surface area contributed by atoms with Crippen molar-refractivity contribution in [3.8, 4) is 0 Å². The van der Waals surface area contributed by atoms with E-state index < -0.39 is 10.0 Å². The van der Waals surface area contributed by atoms with Crippen LogP contribution in [0.2, 0.25) is 0 Å². The summed E-state index contributed by atoms with van der Waals surface area (Å²) in [6.45, 7) is 5.51. The molecule has 0 aliphatic heterocycles. The Morgan fingerprint density at radius 2 is 1.89 bits per heavy atom. The maximum absolute atomic E-state index is 11.8. The van der Waals surface area contributed by atoms with Crippen molar-refractivity contribution in [2.75, 3.05) is 11.0 Å². The summed E-state index contributed by atoms with van der Waals surface area (Å²) in [6, 6.07) is 4.90. The number of carbonyl (C=O) groups excluding carboxylic acids is 1. The van der Waals surface area contributed by atoms with Crippen LogP contribution in [0.15, 0.2) is 18.2 Å². The van der Waals surface area contributed by atoms with Crippen molar-refractivity contribution in [1.82, 2.24) is 5.32 Å². The number of amides is 1. The van der Waals surface area contributed by atoms with Gasteiger partial charge in [0.05, 0.1) is 11.9 Å². The van der Waals surface area contributed by atoms with Crippen LogP contribution in [-0.4, -0.2) is 26.6 Å². The first-order valence-corrected chi connectivity index (χ1v) is 7.47. The smallest absolute Gasteiger partial charge is 0.251 e. The minimum absolute atomic E-state index is 0.0617. The molecule has 0 aromatic heterocycles. The van der Waals surface area contributed by atoms with Gasteiger partial charge in [0.25, 0.3) is 5.91 Å². The molecular weight excluding hydrogens is 252 g/mol. The average Bonchev–Trinajstić information content (AvgIpc) is 2.18. The van der Waals surface area contributed by atoms with Crippen molar-refractivity contribution in [3.05, 3.63) is 29.3 Å². The first-order valence-electron chi connectivity index (χ1n) is 5.58.